The summed E-state index contributed by atoms with van der Waals surface area (Å²) in [4.78, 5) is 67.5. The standard InChI is InChI=1S/C38H40N2O12/c1-17(2)22-11-25-19(5)31(33(22)49)36(25,39(13-27(41)42)14-28(43)44)38(24-10-8-7-9-21(24)35(51)52-38)37(40(15-29(45)46)16-30(47)48)26-12-23(18(3)4)34(50)32(37)20(26)6/h7-12,17-18,49-50H,13-16H2,1-6H3,(H,41,42)(H,43,44)(H,45,46)(H,47,48)/t36-,37-/m0/s1. The van der Waals surface area contributed by atoms with E-state index in [1.165, 1.54) is 12.1 Å². The molecular formula is C38H40N2O12. The van der Waals surface area contributed by atoms with E-state index in [1.54, 1.807) is 38.1 Å². The summed E-state index contributed by atoms with van der Waals surface area (Å²) in [6.45, 7) is 6.62. The van der Waals surface area contributed by atoms with Gasteiger partial charge in [-0.05, 0) is 77.3 Å². The van der Waals surface area contributed by atoms with E-state index in [4.69, 9.17) is 4.74 Å². The van der Waals surface area contributed by atoms with Crippen molar-refractivity contribution in [3.8, 4) is 5.75 Å². The van der Waals surface area contributed by atoms with Gasteiger partial charge in [0.2, 0.25) is 0 Å². The number of carboxylic acid groups (broad SMARTS) is 4. The van der Waals surface area contributed by atoms with Crippen molar-refractivity contribution < 1.29 is 59.3 Å². The Morgan fingerprint density at radius 2 is 1.29 bits per heavy atom. The highest BCUT2D eigenvalue weighted by Crippen LogP contribution is 2.75. The lowest BCUT2D eigenvalue weighted by Crippen LogP contribution is -2.81. The highest BCUT2D eigenvalue weighted by Gasteiger charge is 2.83. The number of aryl methyl sites for hydroxylation is 1. The number of aliphatic hydroxyl groups excluding tert-OH is 1. The summed E-state index contributed by atoms with van der Waals surface area (Å²) in [5.74, 6) is -8.07. The van der Waals surface area contributed by atoms with Gasteiger partial charge in [0.25, 0.3) is 0 Å². The molecule has 0 amide bonds. The molecule has 3 atom stereocenters. The molecular weight excluding hydrogens is 676 g/mol. The van der Waals surface area contributed by atoms with Crippen molar-refractivity contribution in [1.82, 2.24) is 9.80 Å². The molecule has 1 unspecified atom stereocenters. The zero-order valence-electron chi connectivity index (χ0n) is 29.5. The number of aromatic hydroxyl groups is 1. The Kier molecular flexibility index (Phi) is 8.42. The monoisotopic (exact) mass is 716 g/mol. The predicted molar refractivity (Wildman–Crippen MR) is 183 cm³/mol. The van der Waals surface area contributed by atoms with E-state index in [-0.39, 0.29) is 56.7 Å². The van der Waals surface area contributed by atoms with E-state index < -0.39 is 72.7 Å². The van der Waals surface area contributed by atoms with E-state index in [9.17, 15) is 54.6 Å². The van der Waals surface area contributed by atoms with Crippen molar-refractivity contribution in [3.05, 3.63) is 97.8 Å². The number of phenols is 1. The summed E-state index contributed by atoms with van der Waals surface area (Å²) >= 11 is 0. The lowest BCUT2D eigenvalue weighted by molar-refractivity contribution is -0.189. The molecule has 14 heteroatoms. The Bertz CT molecular complexity index is 2060. The Labute approximate surface area is 298 Å². The van der Waals surface area contributed by atoms with Crippen LogP contribution in [0.2, 0.25) is 0 Å². The van der Waals surface area contributed by atoms with Crippen molar-refractivity contribution >= 4 is 29.8 Å². The van der Waals surface area contributed by atoms with E-state index in [1.807, 2.05) is 27.7 Å². The number of nitrogens with zero attached hydrogens (tertiary/aromatic N) is 2. The third kappa shape index (κ3) is 4.40. The molecule has 1 aliphatic heterocycles. The highest BCUT2D eigenvalue weighted by molar-refractivity contribution is 5.98. The fourth-order valence-corrected chi connectivity index (χ4v) is 9.33. The number of carbonyl (C=O) groups excluding carboxylic acids is 1. The SMILES string of the molecule is Cc1c2cc(C(C)C)c(O)c1[C@]2(N(CC(=O)O)CC(=O)O)C1([C@]2(N(CC(=O)O)CC(=O)O)c3cc(C(C)C)c(O)c2c3C)OC(=O)c2ccccc21. The largest absolute Gasteiger partial charge is 0.507 e. The second-order valence-electron chi connectivity index (χ2n) is 14.4. The van der Waals surface area contributed by atoms with Gasteiger partial charge >= 0.3 is 29.8 Å². The molecule has 2 aromatic carbocycles. The summed E-state index contributed by atoms with van der Waals surface area (Å²) < 4.78 is 6.67. The number of aliphatic carboxylic acids is 4. The number of phenolic OH excluding ortho intramolecular Hbond substituents is 1. The van der Waals surface area contributed by atoms with Crippen LogP contribution in [-0.4, -0.2) is 102 Å². The van der Waals surface area contributed by atoms with Gasteiger partial charge in [-0.15, -0.1) is 0 Å². The smallest absolute Gasteiger partial charge is 0.339 e. The molecule has 0 aromatic heterocycles. The number of carbonyl (C=O) groups is 5. The van der Waals surface area contributed by atoms with Crippen LogP contribution in [0.15, 0.2) is 64.5 Å². The van der Waals surface area contributed by atoms with E-state index in [2.05, 4.69) is 0 Å². The summed E-state index contributed by atoms with van der Waals surface area (Å²) in [6, 6.07) is 7.66. The van der Waals surface area contributed by atoms with Gasteiger partial charge in [-0.1, -0.05) is 45.9 Å². The van der Waals surface area contributed by atoms with Crippen LogP contribution >= 0.6 is 0 Å². The maximum absolute atomic E-state index is 14.4. The average Bonchev–Trinajstić information content (AvgIpc) is 3.33. The maximum Gasteiger partial charge on any atom is 0.339 e. The fraction of sp³-hybridized carbons (Fsp3) is 0.395. The van der Waals surface area contributed by atoms with Crippen molar-refractivity contribution in [1.29, 1.82) is 0 Å². The van der Waals surface area contributed by atoms with Crippen LogP contribution < -0.4 is 0 Å². The molecule has 4 aliphatic rings. The molecule has 2 aromatic rings. The summed E-state index contributed by atoms with van der Waals surface area (Å²) in [7, 11) is 0. The number of cyclic esters (lactones) is 1. The quantitative estimate of drug-likeness (QED) is 0.153. The van der Waals surface area contributed by atoms with Crippen molar-refractivity contribution in [2.45, 2.75) is 64.1 Å². The normalized spacial score (nSPS) is 24.2. The topological polar surface area (TPSA) is 222 Å². The van der Waals surface area contributed by atoms with Gasteiger partial charge in [0.15, 0.2) is 5.60 Å². The third-order valence-corrected chi connectivity index (χ3v) is 11.0. The summed E-state index contributed by atoms with van der Waals surface area (Å²) in [6.07, 6.45) is 1.60. The third-order valence-electron chi connectivity index (χ3n) is 11.0. The number of benzene rings is 2. The Hall–Kier alpha value is -5.47. The van der Waals surface area contributed by atoms with Gasteiger partial charge < -0.3 is 35.4 Å². The molecule has 0 saturated carbocycles. The molecule has 6 N–H and O–H groups in total. The second-order valence-corrected chi connectivity index (χ2v) is 14.4. The van der Waals surface area contributed by atoms with Gasteiger partial charge in [0, 0.05) is 16.7 Å². The predicted octanol–water partition coefficient (Wildman–Crippen LogP) is 3.87. The number of hydrogen-bond acceptors (Lipinski definition) is 10. The van der Waals surface area contributed by atoms with Crippen molar-refractivity contribution in [2.24, 2.45) is 5.92 Å². The number of aliphatic hydroxyl groups is 1. The van der Waals surface area contributed by atoms with Gasteiger partial charge in [-0.2, -0.15) is 0 Å². The molecule has 274 valence electrons. The number of allylic oxidation sites excluding steroid dienone is 2. The summed E-state index contributed by atoms with van der Waals surface area (Å²) in [5.41, 5.74) is -4.56. The molecule has 0 radical (unpaired) electrons. The van der Waals surface area contributed by atoms with Gasteiger partial charge in [0.05, 0.1) is 31.7 Å². The van der Waals surface area contributed by atoms with Gasteiger partial charge in [0.1, 0.15) is 22.6 Å². The minimum atomic E-state index is -2.46. The zero-order chi connectivity index (χ0) is 38.4. The molecule has 1 heterocycles. The van der Waals surface area contributed by atoms with Crippen molar-refractivity contribution in [3.63, 3.8) is 0 Å². The number of rotatable bonds is 14. The van der Waals surface area contributed by atoms with E-state index in [0.29, 0.717) is 22.3 Å². The molecule has 4 bridgehead atoms. The van der Waals surface area contributed by atoms with Crippen LogP contribution in [0.5, 0.6) is 5.75 Å². The summed E-state index contributed by atoms with van der Waals surface area (Å²) in [5, 5.41) is 65.8. The first kappa shape index (κ1) is 36.3. The lowest BCUT2D eigenvalue weighted by atomic mass is 9.43. The Morgan fingerprint density at radius 3 is 1.75 bits per heavy atom. The molecule has 14 nitrogen and oxygen atoms in total. The minimum Gasteiger partial charge on any atom is -0.507 e. The van der Waals surface area contributed by atoms with Gasteiger partial charge in [-0.25, -0.2) is 4.79 Å². The zero-order valence-corrected chi connectivity index (χ0v) is 29.5. The van der Waals surface area contributed by atoms with E-state index >= 15 is 0 Å². The lowest BCUT2D eigenvalue weighted by Gasteiger charge is -2.70. The number of fused-ring (bicyclic) bond motifs is 5. The second kappa shape index (κ2) is 12.1. The number of carboxylic acids is 4. The van der Waals surface area contributed by atoms with Crippen LogP contribution in [-0.2, 0) is 35.1 Å². The molecule has 6 rings (SSSR count). The number of ether oxygens (including phenoxy) is 1. The Morgan fingerprint density at radius 1 is 0.769 bits per heavy atom. The molecule has 0 fully saturated rings. The van der Waals surface area contributed by atoms with Crippen molar-refractivity contribution in [2.75, 3.05) is 26.2 Å². The number of hydrogen-bond donors (Lipinski definition) is 6. The highest BCUT2D eigenvalue weighted by atomic mass is 16.6. The van der Waals surface area contributed by atoms with Crippen LogP contribution in [0.3, 0.4) is 0 Å². The average molecular weight is 717 g/mol. The first-order chi connectivity index (χ1) is 24.3. The molecule has 0 spiro atoms. The van der Waals surface area contributed by atoms with Crippen LogP contribution in [0.1, 0.15) is 78.7 Å². The first-order valence-corrected chi connectivity index (χ1v) is 16.8. The molecule has 3 aliphatic carbocycles. The van der Waals surface area contributed by atoms with Crippen LogP contribution in [0.4, 0.5) is 0 Å². The molecule has 0 saturated heterocycles. The number of esters is 1. The first-order valence-electron chi connectivity index (χ1n) is 16.8. The van der Waals surface area contributed by atoms with Crippen LogP contribution in [0, 0.1) is 12.8 Å². The van der Waals surface area contributed by atoms with Gasteiger partial charge in [-0.3, -0.25) is 29.0 Å². The Balaban J connectivity index is 1.91. The fourth-order valence-electron chi connectivity index (χ4n) is 9.33. The van der Waals surface area contributed by atoms with Crippen LogP contribution in [0.25, 0.3) is 0 Å². The maximum atomic E-state index is 14.4. The minimum absolute atomic E-state index is 0.0297. The van der Waals surface area contributed by atoms with E-state index in [0.717, 1.165) is 9.80 Å². The molecule has 52 heavy (non-hydrogen) atoms.